The lowest BCUT2D eigenvalue weighted by Gasteiger charge is -2.36. The van der Waals surface area contributed by atoms with Gasteiger partial charge in [0.05, 0.1) is 20.5 Å². The summed E-state index contributed by atoms with van der Waals surface area (Å²) in [6.45, 7) is 2.99. The first kappa shape index (κ1) is 19.9. The molecule has 0 atom stereocenters. The number of nitrogens with zero attached hydrogens (tertiary/aromatic N) is 3. The third-order valence-electron chi connectivity index (χ3n) is 4.49. The van der Waals surface area contributed by atoms with Crippen molar-refractivity contribution in [3.63, 3.8) is 0 Å². The zero-order chi connectivity index (χ0) is 19.8. The molecule has 0 aromatic heterocycles. The predicted octanol–water partition coefficient (Wildman–Crippen LogP) is 3.72. The Kier molecular flexibility index (Phi) is 5.62. The van der Waals surface area contributed by atoms with Gasteiger partial charge in [0.25, 0.3) is 5.69 Å². The number of anilines is 1. The van der Waals surface area contributed by atoms with Gasteiger partial charge in [0.1, 0.15) is 0 Å². The quantitative estimate of drug-likeness (QED) is 0.545. The van der Waals surface area contributed by atoms with E-state index in [1.165, 1.54) is 16.4 Å². The molecule has 0 aliphatic carbocycles. The highest BCUT2D eigenvalue weighted by Gasteiger charge is 2.31. The highest BCUT2D eigenvalue weighted by atomic mass is 35.5. The standard InChI is InChI=1S/C17H17Cl2N3O4S/c1-12-2-4-14(22(23)24)11-17(12)27(25,26)21-8-6-20(7-9-21)16-10-13(18)3-5-15(16)19/h2-5,10-11H,6-9H2,1H3. The van der Waals surface area contributed by atoms with E-state index in [1.54, 1.807) is 25.1 Å². The molecule has 1 saturated heterocycles. The van der Waals surface area contributed by atoms with Gasteiger partial charge < -0.3 is 4.90 Å². The van der Waals surface area contributed by atoms with Gasteiger partial charge in [-0.25, -0.2) is 8.42 Å². The first-order chi connectivity index (χ1) is 12.7. The number of piperazine rings is 1. The van der Waals surface area contributed by atoms with Crippen molar-refractivity contribution in [1.29, 1.82) is 0 Å². The van der Waals surface area contributed by atoms with Crippen LogP contribution in [0.2, 0.25) is 10.0 Å². The van der Waals surface area contributed by atoms with Crippen LogP contribution in [-0.2, 0) is 10.0 Å². The number of nitro groups is 1. The molecule has 0 amide bonds. The smallest absolute Gasteiger partial charge is 0.270 e. The second-order valence-electron chi connectivity index (χ2n) is 6.19. The van der Waals surface area contributed by atoms with Crippen molar-refractivity contribution in [3.05, 3.63) is 62.1 Å². The predicted molar refractivity (Wildman–Crippen MR) is 105 cm³/mol. The number of rotatable bonds is 4. The first-order valence-corrected chi connectivity index (χ1v) is 10.3. The average molecular weight is 430 g/mol. The van der Waals surface area contributed by atoms with E-state index in [0.29, 0.717) is 28.7 Å². The van der Waals surface area contributed by atoms with Crippen molar-refractivity contribution in [1.82, 2.24) is 4.31 Å². The monoisotopic (exact) mass is 429 g/mol. The van der Waals surface area contributed by atoms with E-state index < -0.39 is 14.9 Å². The summed E-state index contributed by atoms with van der Waals surface area (Å²) in [6, 6.07) is 9.01. The van der Waals surface area contributed by atoms with Crippen molar-refractivity contribution < 1.29 is 13.3 Å². The van der Waals surface area contributed by atoms with Gasteiger partial charge in [-0.1, -0.05) is 29.3 Å². The molecule has 1 aliphatic heterocycles. The van der Waals surface area contributed by atoms with Gasteiger partial charge in [-0.3, -0.25) is 10.1 Å². The fraction of sp³-hybridized carbons (Fsp3) is 0.294. The largest absolute Gasteiger partial charge is 0.368 e. The van der Waals surface area contributed by atoms with Crippen LogP contribution in [-0.4, -0.2) is 43.8 Å². The maximum absolute atomic E-state index is 13.0. The van der Waals surface area contributed by atoms with Crippen LogP contribution >= 0.6 is 23.2 Å². The third-order valence-corrected chi connectivity index (χ3v) is 7.08. The van der Waals surface area contributed by atoms with Gasteiger partial charge in [0.15, 0.2) is 0 Å². The number of benzene rings is 2. The van der Waals surface area contributed by atoms with E-state index in [0.717, 1.165) is 11.8 Å². The number of hydrogen-bond donors (Lipinski definition) is 0. The van der Waals surface area contributed by atoms with Crippen molar-refractivity contribution in [2.24, 2.45) is 0 Å². The highest BCUT2D eigenvalue weighted by molar-refractivity contribution is 7.89. The summed E-state index contributed by atoms with van der Waals surface area (Å²) in [6.07, 6.45) is 0. The van der Waals surface area contributed by atoms with Crippen LogP contribution < -0.4 is 4.90 Å². The van der Waals surface area contributed by atoms with Crippen LogP contribution in [0, 0.1) is 17.0 Å². The molecular formula is C17H17Cl2N3O4S. The van der Waals surface area contributed by atoms with Crippen molar-refractivity contribution >= 4 is 44.6 Å². The van der Waals surface area contributed by atoms with Crippen LogP contribution in [0.15, 0.2) is 41.3 Å². The van der Waals surface area contributed by atoms with Crippen LogP contribution in [0.4, 0.5) is 11.4 Å². The summed E-state index contributed by atoms with van der Waals surface area (Å²) in [5, 5.41) is 12.1. The van der Waals surface area contributed by atoms with Crippen molar-refractivity contribution in [2.75, 3.05) is 31.1 Å². The molecule has 144 valence electrons. The number of nitro benzene ring substituents is 1. The fourth-order valence-electron chi connectivity index (χ4n) is 3.02. The molecule has 1 aliphatic rings. The Morgan fingerprint density at radius 2 is 1.70 bits per heavy atom. The molecule has 0 spiro atoms. The molecule has 0 saturated carbocycles. The van der Waals surface area contributed by atoms with Gasteiger partial charge in [-0.05, 0) is 30.7 Å². The Bertz CT molecular complexity index is 990. The number of aryl methyl sites for hydroxylation is 1. The molecule has 10 heteroatoms. The number of non-ortho nitro benzene ring substituents is 1. The molecule has 0 unspecified atom stereocenters. The molecule has 2 aromatic carbocycles. The lowest BCUT2D eigenvalue weighted by molar-refractivity contribution is -0.385. The van der Waals surface area contributed by atoms with Gasteiger partial charge >= 0.3 is 0 Å². The molecule has 2 aromatic rings. The molecule has 0 radical (unpaired) electrons. The minimum Gasteiger partial charge on any atom is -0.368 e. The molecule has 0 bridgehead atoms. The van der Waals surface area contributed by atoms with E-state index in [1.807, 2.05) is 4.90 Å². The molecule has 0 N–H and O–H groups in total. The highest BCUT2D eigenvalue weighted by Crippen LogP contribution is 2.31. The van der Waals surface area contributed by atoms with Gasteiger partial charge in [0, 0.05) is 43.3 Å². The second-order valence-corrected chi connectivity index (χ2v) is 8.94. The molecule has 27 heavy (non-hydrogen) atoms. The molecule has 1 heterocycles. The van der Waals surface area contributed by atoms with Crippen LogP contribution in [0.3, 0.4) is 0 Å². The summed E-state index contributed by atoms with van der Waals surface area (Å²) in [5.74, 6) is 0. The Morgan fingerprint density at radius 3 is 2.33 bits per heavy atom. The van der Waals surface area contributed by atoms with Gasteiger partial charge in [0.2, 0.25) is 10.0 Å². The molecular weight excluding hydrogens is 413 g/mol. The second kappa shape index (κ2) is 7.63. The van der Waals surface area contributed by atoms with Crippen LogP contribution in [0.25, 0.3) is 0 Å². The summed E-state index contributed by atoms with van der Waals surface area (Å²) in [5.41, 5.74) is 0.983. The zero-order valence-electron chi connectivity index (χ0n) is 14.4. The number of hydrogen-bond acceptors (Lipinski definition) is 5. The minimum absolute atomic E-state index is 0.0362. The summed E-state index contributed by atoms with van der Waals surface area (Å²) in [7, 11) is -3.83. The van der Waals surface area contributed by atoms with E-state index >= 15 is 0 Å². The van der Waals surface area contributed by atoms with Crippen molar-refractivity contribution in [2.45, 2.75) is 11.8 Å². The van der Waals surface area contributed by atoms with E-state index in [-0.39, 0.29) is 23.7 Å². The normalized spacial score (nSPS) is 15.7. The average Bonchev–Trinajstić information content (AvgIpc) is 2.64. The topological polar surface area (TPSA) is 83.8 Å². The minimum atomic E-state index is -3.83. The fourth-order valence-corrected chi connectivity index (χ4v) is 5.09. The first-order valence-electron chi connectivity index (χ1n) is 8.15. The van der Waals surface area contributed by atoms with E-state index in [2.05, 4.69) is 0 Å². The van der Waals surface area contributed by atoms with Gasteiger partial charge in [-0.15, -0.1) is 0 Å². The molecule has 7 nitrogen and oxygen atoms in total. The number of sulfonamides is 1. The lowest BCUT2D eigenvalue weighted by atomic mass is 10.2. The Balaban J connectivity index is 1.82. The van der Waals surface area contributed by atoms with Crippen molar-refractivity contribution in [3.8, 4) is 0 Å². The third kappa shape index (κ3) is 4.03. The Labute approximate surface area is 167 Å². The zero-order valence-corrected chi connectivity index (χ0v) is 16.8. The SMILES string of the molecule is Cc1ccc([N+](=O)[O-])cc1S(=O)(=O)N1CCN(c2cc(Cl)ccc2Cl)CC1. The molecule has 3 rings (SSSR count). The summed E-state index contributed by atoms with van der Waals surface area (Å²) in [4.78, 5) is 12.3. The molecule has 1 fully saturated rings. The lowest BCUT2D eigenvalue weighted by Crippen LogP contribution is -2.48. The summed E-state index contributed by atoms with van der Waals surface area (Å²) >= 11 is 12.3. The van der Waals surface area contributed by atoms with E-state index in [9.17, 15) is 18.5 Å². The Morgan fingerprint density at radius 1 is 1.04 bits per heavy atom. The maximum atomic E-state index is 13.0. The number of halogens is 2. The summed E-state index contributed by atoms with van der Waals surface area (Å²) < 4.78 is 27.3. The van der Waals surface area contributed by atoms with Crippen LogP contribution in [0.1, 0.15) is 5.56 Å². The maximum Gasteiger partial charge on any atom is 0.270 e. The van der Waals surface area contributed by atoms with E-state index in [4.69, 9.17) is 23.2 Å². The van der Waals surface area contributed by atoms with Crippen LogP contribution in [0.5, 0.6) is 0 Å². The Hall–Kier alpha value is -1.87. The van der Waals surface area contributed by atoms with Gasteiger partial charge in [-0.2, -0.15) is 4.31 Å².